The van der Waals surface area contributed by atoms with E-state index in [0.717, 1.165) is 13.1 Å². The first-order valence-electron chi connectivity index (χ1n) is 5.11. The molecule has 76 valence electrons. The zero-order chi connectivity index (χ0) is 9.80. The number of hydrogen-bond acceptors (Lipinski definition) is 3. The Kier molecular flexibility index (Phi) is 2.99. The Hall–Kier alpha value is -1.09. The molecule has 0 spiro atoms. The average molecular weight is 192 g/mol. The second-order valence-electron chi connectivity index (χ2n) is 3.68. The van der Waals surface area contributed by atoms with Crippen LogP contribution in [0.5, 0.6) is 5.88 Å². The lowest BCUT2D eigenvalue weighted by atomic mass is 9.93. The molecule has 3 nitrogen and oxygen atoms in total. The molecule has 14 heavy (non-hydrogen) atoms. The second-order valence-corrected chi connectivity index (χ2v) is 3.68. The fourth-order valence-electron chi connectivity index (χ4n) is 1.89. The van der Waals surface area contributed by atoms with Gasteiger partial charge >= 0.3 is 0 Å². The summed E-state index contributed by atoms with van der Waals surface area (Å²) in [5.41, 5.74) is 1.32. The molecule has 1 saturated heterocycles. The van der Waals surface area contributed by atoms with Crippen LogP contribution in [0.3, 0.4) is 0 Å². The van der Waals surface area contributed by atoms with Crippen molar-refractivity contribution in [2.75, 3.05) is 20.2 Å². The SMILES string of the molecule is COc1ccc([C@@H]2CCCNC2)cn1. The molecule has 2 heterocycles. The van der Waals surface area contributed by atoms with Gasteiger partial charge in [0.25, 0.3) is 0 Å². The van der Waals surface area contributed by atoms with Crippen LogP contribution in [0.25, 0.3) is 0 Å². The van der Waals surface area contributed by atoms with Crippen molar-refractivity contribution in [2.24, 2.45) is 0 Å². The zero-order valence-corrected chi connectivity index (χ0v) is 8.49. The minimum Gasteiger partial charge on any atom is -0.481 e. The van der Waals surface area contributed by atoms with Gasteiger partial charge in [0.1, 0.15) is 0 Å². The van der Waals surface area contributed by atoms with Crippen molar-refractivity contribution in [1.29, 1.82) is 0 Å². The Labute approximate surface area is 84.5 Å². The molecule has 1 fully saturated rings. The van der Waals surface area contributed by atoms with E-state index in [9.17, 15) is 0 Å². The van der Waals surface area contributed by atoms with Gasteiger partial charge < -0.3 is 10.1 Å². The normalized spacial score (nSPS) is 21.9. The van der Waals surface area contributed by atoms with Gasteiger partial charge in [0.05, 0.1) is 7.11 Å². The van der Waals surface area contributed by atoms with Crippen LogP contribution in [-0.2, 0) is 0 Å². The number of piperidine rings is 1. The van der Waals surface area contributed by atoms with Gasteiger partial charge in [0, 0.05) is 18.8 Å². The Morgan fingerprint density at radius 1 is 1.50 bits per heavy atom. The molecular weight excluding hydrogens is 176 g/mol. The van der Waals surface area contributed by atoms with Crippen molar-refractivity contribution >= 4 is 0 Å². The minimum absolute atomic E-state index is 0.627. The second kappa shape index (κ2) is 4.42. The van der Waals surface area contributed by atoms with Gasteiger partial charge in [0.2, 0.25) is 5.88 Å². The van der Waals surface area contributed by atoms with E-state index in [4.69, 9.17) is 4.74 Å². The molecule has 0 unspecified atom stereocenters. The first-order valence-corrected chi connectivity index (χ1v) is 5.11. The highest BCUT2D eigenvalue weighted by atomic mass is 16.5. The molecular formula is C11H16N2O. The summed E-state index contributed by atoms with van der Waals surface area (Å²) in [6, 6.07) is 4.05. The molecule has 2 rings (SSSR count). The summed E-state index contributed by atoms with van der Waals surface area (Å²) in [4.78, 5) is 4.22. The van der Waals surface area contributed by atoms with Crippen LogP contribution in [0.1, 0.15) is 24.3 Å². The van der Waals surface area contributed by atoms with Crippen LogP contribution >= 0.6 is 0 Å². The summed E-state index contributed by atoms with van der Waals surface area (Å²) >= 11 is 0. The summed E-state index contributed by atoms with van der Waals surface area (Å²) in [5, 5.41) is 3.40. The maximum absolute atomic E-state index is 5.03. The maximum Gasteiger partial charge on any atom is 0.212 e. The van der Waals surface area contributed by atoms with Crippen LogP contribution in [0.15, 0.2) is 18.3 Å². The van der Waals surface area contributed by atoms with Gasteiger partial charge in [-0.1, -0.05) is 6.07 Å². The predicted molar refractivity (Wildman–Crippen MR) is 55.6 cm³/mol. The van der Waals surface area contributed by atoms with Crippen molar-refractivity contribution in [3.8, 4) is 5.88 Å². The lowest BCUT2D eigenvalue weighted by molar-refractivity contribution is 0.396. The van der Waals surface area contributed by atoms with Gasteiger partial charge in [0.15, 0.2) is 0 Å². The van der Waals surface area contributed by atoms with Crippen LogP contribution in [-0.4, -0.2) is 25.2 Å². The van der Waals surface area contributed by atoms with Crippen LogP contribution in [0.2, 0.25) is 0 Å². The first-order chi connectivity index (χ1) is 6.90. The Balaban J connectivity index is 2.07. The molecule has 0 saturated carbocycles. The number of methoxy groups -OCH3 is 1. The van der Waals surface area contributed by atoms with Gasteiger partial charge in [-0.05, 0) is 30.9 Å². The molecule has 0 radical (unpaired) electrons. The number of nitrogens with zero attached hydrogens (tertiary/aromatic N) is 1. The summed E-state index contributed by atoms with van der Waals surface area (Å²) in [5.74, 6) is 1.32. The summed E-state index contributed by atoms with van der Waals surface area (Å²) in [6.45, 7) is 2.23. The molecule has 1 aliphatic heterocycles. The number of ether oxygens (including phenoxy) is 1. The lowest BCUT2D eigenvalue weighted by Crippen LogP contribution is -2.28. The van der Waals surface area contributed by atoms with Gasteiger partial charge in [-0.15, -0.1) is 0 Å². The first kappa shape index (κ1) is 9.46. The van der Waals surface area contributed by atoms with Crippen molar-refractivity contribution < 1.29 is 4.74 Å². The zero-order valence-electron chi connectivity index (χ0n) is 8.49. The summed E-state index contributed by atoms with van der Waals surface area (Å²) in [6.07, 6.45) is 4.45. The highest BCUT2D eigenvalue weighted by molar-refractivity contribution is 5.21. The quantitative estimate of drug-likeness (QED) is 0.772. The molecule has 1 N–H and O–H groups in total. The maximum atomic E-state index is 5.03. The smallest absolute Gasteiger partial charge is 0.212 e. The highest BCUT2D eigenvalue weighted by Gasteiger charge is 2.14. The van der Waals surface area contributed by atoms with Crippen molar-refractivity contribution in [3.05, 3.63) is 23.9 Å². The minimum atomic E-state index is 0.627. The molecule has 0 aromatic carbocycles. The third-order valence-corrected chi connectivity index (χ3v) is 2.74. The number of nitrogens with one attached hydrogen (secondary N) is 1. The van der Waals surface area contributed by atoms with Crippen molar-refractivity contribution in [2.45, 2.75) is 18.8 Å². The van der Waals surface area contributed by atoms with Crippen LogP contribution < -0.4 is 10.1 Å². The summed E-state index contributed by atoms with van der Waals surface area (Å²) in [7, 11) is 1.64. The number of aromatic nitrogens is 1. The van der Waals surface area contributed by atoms with E-state index in [0.29, 0.717) is 11.8 Å². The number of rotatable bonds is 2. The third-order valence-electron chi connectivity index (χ3n) is 2.74. The number of hydrogen-bond donors (Lipinski definition) is 1. The van der Waals surface area contributed by atoms with E-state index in [1.165, 1.54) is 18.4 Å². The Bertz CT molecular complexity index is 278. The highest BCUT2D eigenvalue weighted by Crippen LogP contribution is 2.23. The van der Waals surface area contributed by atoms with Gasteiger partial charge in [-0.3, -0.25) is 0 Å². The fourth-order valence-corrected chi connectivity index (χ4v) is 1.89. The number of pyridine rings is 1. The Morgan fingerprint density at radius 3 is 3.00 bits per heavy atom. The van der Waals surface area contributed by atoms with E-state index in [1.54, 1.807) is 7.11 Å². The van der Waals surface area contributed by atoms with Crippen LogP contribution in [0, 0.1) is 0 Å². The van der Waals surface area contributed by atoms with Crippen molar-refractivity contribution in [1.82, 2.24) is 10.3 Å². The molecule has 1 aromatic heterocycles. The van der Waals surface area contributed by atoms with E-state index < -0.39 is 0 Å². The monoisotopic (exact) mass is 192 g/mol. The molecule has 3 heteroatoms. The molecule has 1 atom stereocenters. The topological polar surface area (TPSA) is 34.1 Å². The van der Waals surface area contributed by atoms with Crippen LogP contribution in [0.4, 0.5) is 0 Å². The third kappa shape index (κ3) is 2.04. The van der Waals surface area contributed by atoms with Gasteiger partial charge in [-0.25, -0.2) is 4.98 Å². The largest absolute Gasteiger partial charge is 0.481 e. The van der Waals surface area contributed by atoms with Gasteiger partial charge in [-0.2, -0.15) is 0 Å². The molecule has 0 amide bonds. The fraction of sp³-hybridized carbons (Fsp3) is 0.545. The standard InChI is InChI=1S/C11H16N2O/c1-14-11-5-4-10(8-13-11)9-3-2-6-12-7-9/h4-5,8-9,12H,2-3,6-7H2,1H3/t9-/m1/s1. The van der Waals surface area contributed by atoms with E-state index >= 15 is 0 Å². The molecule has 0 bridgehead atoms. The molecule has 0 aliphatic carbocycles. The van der Waals surface area contributed by atoms with E-state index in [2.05, 4.69) is 16.4 Å². The molecule has 1 aliphatic rings. The van der Waals surface area contributed by atoms with E-state index in [1.807, 2.05) is 12.3 Å². The molecule has 1 aromatic rings. The lowest BCUT2D eigenvalue weighted by Gasteiger charge is -2.22. The van der Waals surface area contributed by atoms with Crippen molar-refractivity contribution in [3.63, 3.8) is 0 Å². The predicted octanol–water partition coefficient (Wildman–Crippen LogP) is 1.56. The Morgan fingerprint density at radius 2 is 2.43 bits per heavy atom. The summed E-state index contributed by atoms with van der Waals surface area (Å²) < 4.78 is 5.03. The average Bonchev–Trinajstić information content (AvgIpc) is 2.30. The van der Waals surface area contributed by atoms with E-state index in [-0.39, 0.29) is 0 Å².